The maximum absolute atomic E-state index is 4.70. The highest BCUT2D eigenvalue weighted by atomic mass is 15.3. The predicted octanol–water partition coefficient (Wildman–Crippen LogP) is 2.66. The number of aryl methyl sites for hydroxylation is 2. The number of hydrogen-bond acceptors (Lipinski definition) is 4. The lowest BCUT2D eigenvalue weighted by Gasteiger charge is -2.44. The monoisotopic (exact) mass is 276 g/mol. The van der Waals surface area contributed by atoms with Crippen molar-refractivity contribution in [2.45, 2.75) is 59.5 Å². The maximum Gasteiger partial charge on any atom is 0.135 e. The Morgan fingerprint density at radius 2 is 2.05 bits per heavy atom. The molecule has 0 aromatic carbocycles. The smallest absolute Gasteiger partial charge is 0.135 e. The summed E-state index contributed by atoms with van der Waals surface area (Å²) in [6, 6.07) is 1.25. The highest BCUT2D eigenvalue weighted by molar-refractivity contribution is 5.47. The van der Waals surface area contributed by atoms with Gasteiger partial charge in [0.05, 0.1) is 0 Å². The third-order valence-corrected chi connectivity index (χ3v) is 4.31. The molecule has 2 heterocycles. The Balaban J connectivity index is 2.21. The van der Waals surface area contributed by atoms with Crippen molar-refractivity contribution in [2.24, 2.45) is 0 Å². The Labute approximate surface area is 123 Å². The molecule has 1 aromatic heterocycles. The lowest BCUT2D eigenvalue weighted by atomic mass is 10.1. The summed E-state index contributed by atoms with van der Waals surface area (Å²) in [5.74, 6) is 2.03. The Morgan fingerprint density at radius 1 is 1.30 bits per heavy atom. The summed E-state index contributed by atoms with van der Waals surface area (Å²) in [6.45, 7) is 14.3. The number of nitrogens with zero attached hydrogens (tertiary/aromatic N) is 4. The second kappa shape index (κ2) is 6.53. The molecule has 1 atom stereocenters. The van der Waals surface area contributed by atoms with Gasteiger partial charge in [0.2, 0.25) is 0 Å². The molecule has 2 rings (SSSR count). The lowest BCUT2D eigenvalue weighted by molar-refractivity contribution is 0.133. The van der Waals surface area contributed by atoms with Gasteiger partial charge in [-0.15, -0.1) is 0 Å². The zero-order valence-corrected chi connectivity index (χ0v) is 13.6. The second-order valence-electron chi connectivity index (χ2n) is 5.96. The van der Waals surface area contributed by atoms with Gasteiger partial charge in [-0.3, -0.25) is 4.90 Å². The third kappa shape index (κ3) is 3.11. The SMILES string of the molecule is CCc1cnc(C)nc1N1CCN(C(C)C)[C@@H](CC)C1. The molecule has 1 aliphatic heterocycles. The number of rotatable bonds is 4. The van der Waals surface area contributed by atoms with Crippen molar-refractivity contribution in [1.29, 1.82) is 0 Å². The number of aromatic nitrogens is 2. The van der Waals surface area contributed by atoms with Crippen LogP contribution in [0.4, 0.5) is 5.82 Å². The molecule has 0 bridgehead atoms. The van der Waals surface area contributed by atoms with Gasteiger partial charge in [-0.2, -0.15) is 0 Å². The fourth-order valence-corrected chi connectivity index (χ4v) is 3.11. The first-order chi connectivity index (χ1) is 9.56. The fourth-order valence-electron chi connectivity index (χ4n) is 3.11. The summed E-state index contributed by atoms with van der Waals surface area (Å²) in [4.78, 5) is 14.1. The Morgan fingerprint density at radius 3 is 2.65 bits per heavy atom. The first-order valence-corrected chi connectivity index (χ1v) is 7.90. The average molecular weight is 276 g/mol. The van der Waals surface area contributed by atoms with Crippen LogP contribution in [0.2, 0.25) is 0 Å². The molecule has 4 nitrogen and oxygen atoms in total. The van der Waals surface area contributed by atoms with E-state index < -0.39 is 0 Å². The standard InChI is InChI=1S/C16H28N4/c1-6-14-10-17-13(5)18-16(14)19-8-9-20(12(3)4)15(7-2)11-19/h10,12,15H,6-9,11H2,1-5H3/t15-/m0/s1. The molecule has 1 saturated heterocycles. The van der Waals surface area contributed by atoms with E-state index in [2.05, 4.69) is 42.5 Å². The summed E-state index contributed by atoms with van der Waals surface area (Å²) in [5, 5.41) is 0. The summed E-state index contributed by atoms with van der Waals surface area (Å²) in [5.41, 5.74) is 1.27. The van der Waals surface area contributed by atoms with Crippen LogP contribution < -0.4 is 4.90 Å². The Bertz CT molecular complexity index is 444. The number of piperazine rings is 1. The molecule has 0 unspecified atom stereocenters. The van der Waals surface area contributed by atoms with E-state index in [1.165, 1.54) is 12.0 Å². The van der Waals surface area contributed by atoms with Crippen LogP contribution in [0.3, 0.4) is 0 Å². The van der Waals surface area contributed by atoms with Crippen LogP contribution in [-0.2, 0) is 6.42 Å². The molecule has 4 heteroatoms. The molecular formula is C16H28N4. The van der Waals surface area contributed by atoms with Gasteiger partial charge in [0, 0.05) is 43.5 Å². The Kier molecular flexibility index (Phi) is 4.97. The summed E-state index contributed by atoms with van der Waals surface area (Å²) >= 11 is 0. The first kappa shape index (κ1) is 15.2. The van der Waals surface area contributed by atoms with Gasteiger partial charge in [0.1, 0.15) is 11.6 Å². The largest absolute Gasteiger partial charge is 0.353 e. The third-order valence-electron chi connectivity index (χ3n) is 4.31. The van der Waals surface area contributed by atoms with Crippen LogP contribution in [-0.4, -0.2) is 46.6 Å². The topological polar surface area (TPSA) is 32.3 Å². The van der Waals surface area contributed by atoms with E-state index in [9.17, 15) is 0 Å². The van der Waals surface area contributed by atoms with Crippen molar-refractivity contribution in [3.63, 3.8) is 0 Å². The van der Waals surface area contributed by atoms with Crippen LogP contribution in [0, 0.1) is 6.92 Å². The van der Waals surface area contributed by atoms with Crippen molar-refractivity contribution < 1.29 is 0 Å². The fraction of sp³-hybridized carbons (Fsp3) is 0.750. The second-order valence-corrected chi connectivity index (χ2v) is 5.96. The van der Waals surface area contributed by atoms with E-state index in [1.807, 2.05) is 13.1 Å². The molecule has 0 N–H and O–H groups in total. The quantitative estimate of drug-likeness (QED) is 0.846. The van der Waals surface area contributed by atoms with E-state index in [4.69, 9.17) is 4.98 Å². The molecule has 0 amide bonds. The van der Waals surface area contributed by atoms with Gasteiger partial charge in [0.25, 0.3) is 0 Å². The molecule has 20 heavy (non-hydrogen) atoms. The Hall–Kier alpha value is -1.16. The minimum absolute atomic E-state index is 0.625. The molecule has 1 aromatic rings. The maximum atomic E-state index is 4.70. The van der Waals surface area contributed by atoms with Gasteiger partial charge < -0.3 is 4.90 Å². The molecule has 0 aliphatic carbocycles. The van der Waals surface area contributed by atoms with Crippen molar-refractivity contribution in [2.75, 3.05) is 24.5 Å². The molecule has 0 saturated carbocycles. The summed E-state index contributed by atoms with van der Waals surface area (Å²) in [7, 11) is 0. The number of anilines is 1. The van der Waals surface area contributed by atoms with Crippen molar-refractivity contribution in [3.8, 4) is 0 Å². The average Bonchev–Trinajstić information content (AvgIpc) is 2.46. The normalized spacial score (nSPS) is 20.7. The van der Waals surface area contributed by atoms with E-state index in [0.29, 0.717) is 12.1 Å². The van der Waals surface area contributed by atoms with Crippen LogP contribution >= 0.6 is 0 Å². The minimum atomic E-state index is 0.625. The summed E-state index contributed by atoms with van der Waals surface area (Å²) < 4.78 is 0. The van der Waals surface area contributed by atoms with Gasteiger partial charge in [-0.25, -0.2) is 9.97 Å². The van der Waals surface area contributed by atoms with Crippen molar-refractivity contribution in [1.82, 2.24) is 14.9 Å². The van der Waals surface area contributed by atoms with E-state index in [-0.39, 0.29) is 0 Å². The van der Waals surface area contributed by atoms with Crippen LogP contribution in [0.25, 0.3) is 0 Å². The highest BCUT2D eigenvalue weighted by Gasteiger charge is 2.28. The van der Waals surface area contributed by atoms with E-state index in [1.54, 1.807) is 0 Å². The van der Waals surface area contributed by atoms with Gasteiger partial charge >= 0.3 is 0 Å². The van der Waals surface area contributed by atoms with Crippen LogP contribution in [0.1, 0.15) is 45.5 Å². The van der Waals surface area contributed by atoms with Crippen LogP contribution in [0.15, 0.2) is 6.20 Å². The molecule has 112 valence electrons. The number of hydrogen-bond donors (Lipinski definition) is 0. The van der Waals surface area contributed by atoms with Crippen LogP contribution in [0.5, 0.6) is 0 Å². The molecule has 1 aliphatic rings. The lowest BCUT2D eigenvalue weighted by Crippen LogP contribution is -2.55. The van der Waals surface area contributed by atoms with Crippen molar-refractivity contribution in [3.05, 3.63) is 17.6 Å². The van der Waals surface area contributed by atoms with Crippen molar-refractivity contribution >= 4 is 5.82 Å². The minimum Gasteiger partial charge on any atom is -0.353 e. The zero-order chi connectivity index (χ0) is 14.7. The molecule has 1 fully saturated rings. The molecular weight excluding hydrogens is 248 g/mol. The van der Waals surface area contributed by atoms with Gasteiger partial charge in [-0.1, -0.05) is 13.8 Å². The first-order valence-electron chi connectivity index (χ1n) is 7.90. The summed E-state index contributed by atoms with van der Waals surface area (Å²) in [6.07, 6.45) is 4.18. The van der Waals surface area contributed by atoms with Gasteiger partial charge in [-0.05, 0) is 33.6 Å². The zero-order valence-electron chi connectivity index (χ0n) is 13.6. The van der Waals surface area contributed by atoms with E-state index >= 15 is 0 Å². The highest BCUT2D eigenvalue weighted by Crippen LogP contribution is 2.23. The molecule has 0 radical (unpaired) electrons. The molecule has 0 spiro atoms. The predicted molar refractivity (Wildman–Crippen MR) is 84.3 cm³/mol. The van der Waals surface area contributed by atoms with E-state index in [0.717, 1.165) is 37.7 Å². The van der Waals surface area contributed by atoms with Gasteiger partial charge in [0.15, 0.2) is 0 Å².